The maximum atomic E-state index is 13.7. The molecule has 0 spiro atoms. The van der Waals surface area contributed by atoms with Gasteiger partial charge < -0.3 is 0 Å². The molecule has 0 heterocycles. The number of carbonyl (C=O) groups excluding carboxylic acids is 1. The number of nitriles is 2. The van der Waals surface area contributed by atoms with Gasteiger partial charge in [-0.1, -0.05) is 54.6 Å². The van der Waals surface area contributed by atoms with Crippen LogP contribution in [0.5, 0.6) is 0 Å². The van der Waals surface area contributed by atoms with Gasteiger partial charge in [0.15, 0.2) is 5.78 Å². The lowest BCUT2D eigenvalue weighted by Gasteiger charge is -2.34. The molecule has 0 aliphatic heterocycles. The van der Waals surface area contributed by atoms with E-state index in [1.807, 2.05) is 36.4 Å². The van der Waals surface area contributed by atoms with Crippen LogP contribution >= 0.6 is 0 Å². The van der Waals surface area contributed by atoms with Crippen molar-refractivity contribution >= 4 is 17.4 Å². The van der Waals surface area contributed by atoms with E-state index in [9.17, 15) is 24.1 Å². The molecular formula is C30H22F2N2O. The number of hydrogen-bond donors (Lipinski definition) is 0. The van der Waals surface area contributed by atoms with Crippen molar-refractivity contribution in [3.8, 4) is 12.1 Å². The molecule has 0 N–H and O–H groups in total. The van der Waals surface area contributed by atoms with Crippen molar-refractivity contribution in [3.05, 3.63) is 118 Å². The predicted molar refractivity (Wildman–Crippen MR) is 131 cm³/mol. The minimum absolute atomic E-state index is 0.0311. The highest BCUT2D eigenvalue weighted by molar-refractivity contribution is 5.94. The molecule has 3 aromatic rings. The van der Waals surface area contributed by atoms with Gasteiger partial charge in [-0.25, -0.2) is 8.78 Å². The van der Waals surface area contributed by atoms with E-state index in [1.54, 1.807) is 30.3 Å². The number of ketones is 1. The van der Waals surface area contributed by atoms with E-state index >= 15 is 0 Å². The Balaban J connectivity index is 1.74. The van der Waals surface area contributed by atoms with Crippen LogP contribution < -0.4 is 0 Å². The monoisotopic (exact) mass is 464 g/mol. The van der Waals surface area contributed by atoms with Crippen molar-refractivity contribution in [3.63, 3.8) is 0 Å². The van der Waals surface area contributed by atoms with Gasteiger partial charge in [0.2, 0.25) is 0 Å². The lowest BCUT2D eigenvalue weighted by atomic mass is 9.68. The number of aryl methyl sites for hydroxylation is 1. The van der Waals surface area contributed by atoms with E-state index in [-0.39, 0.29) is 41.2 Å². The van der Waals surface area contributed by atoms with Crippen molar-refractivity contribution < 1.29 is 13.6 Å². The molecule has 0 saturated heterocycles. The average molecular weight is 465 g/mol. The molecule has 1 aliphatic rings. The minimum atomic E-state index is -0.380. The van der Waals surface area contributed by atoms with Crippen LogP contribution in [0.4, 0.5) is 8.78 Å². The first-order valence-electron chi connectivity index (χ1n) is 11.3. The SMILES string of the molecule is N#CC(C#N)=C1c2ccccc2CC[C@@H]1[C@@H](CC(=O)/C=C/c1ccc(F)cc1)c1ccc(F)cc1. The molecule has 0 saturated carbocycles. The fourth-order valence-corrected chi connectivity index (χ4v) is 4.77. The molecule has 0 amide bonds. The highest BCUT2D eigenvalue weighted by atomic mass is 19.1. The van der Waals surface area contributed by atoms with Gasteiger partial charge in [-0.3, -0.25) is 4.79 Å². The molecule has 1 aliphatic carbocycles. The van der Waals surface area contributed by atoms with E-state index in [4.69, 9.17) is 0 Å². The zero-order valence-electron chi connectivity index (χ0n) is 18.9. The molecule has 0 fully saturated rings. The number of fused-ring (bicyclic) bond motifs is 1. The summed E-state index contributed by atoms with van der Waals surface area (Å²) in [7, 11) is 0. The molecule has 0 aromatic heterocycles. The quantitative estimate of drug-likeness (QED) is 0.298. The van der Waals surface area contributed by atoms with Gasteiger partial charge in [-0.2, -0.15) is 10.5 Å². The highest BCUT2D eigenvalue weighted by Crippen LogP contribution is 2.46. The highest BCUT2D eigenvalue weighted by Gasteiger charge is 2.34. The number of halogens is 2. The number of hydrogen-bond acceptors (Lipinski definition) is 3. The fourth-order valence-electron chi connectivity index (χ4n) is 4.77. The number of allylic oxidation sites excluding steroid dienone is 3. The van der Waals surface area contributed by atoms with Crippen LogP contribution in [-0.4, -0.2) is 5.78 Å². The molecule has 0 bridgehead atoms. The number of nitrogens with zero attached hydrogens (tertiary/aromatic N) is 2. The third-order valence-corrected chi connectivity index (χ3v) is 6.43. The Hall–Kier alpha value is -4.35. The Bertz CT molecular complexity index is 1360. The third-order valence-electron chi connectivity index (χ3n) is 6.43. The lowest BCUT2D eigenvalue weighted by molar-refractivity contribution is -0.115. The molecule has 5 heteroatoms. The van der Waals surface area contributed by atoms with Crippen molar-refractivity contribution in [1.29, 1.82) is 10.5 Å². The van der Waals surface area contributed by atoms with E-state index < -0.39 is 0 Å². The van der Waals surface area contributed by atoms with E-state index in [1.165, 1.54) is 30.3 Å². The minimum Gasteiger partial charge on any atom is -0.295 e. The molecule has 0 unspecified atom stereocenters. The van der Waals surface area contributed by atoms with E-state index in [2.05, 4.69) is 0 Å². The van der Waals surface area contributed by atoms with Crippen molar-refractivity contribution in [2.45, 2.75) is 25.2 Å². The number of rotatable bonds is 6. The standard InChI is InChI=1S/C30H22F2N2O/c31-24-11-5-20(6-12-24)7-15-26(35)17-29(22-8-13-25(32)14-9-22)28-16-10-21-3-1-2-4-27(21)30(28)23(18-33)19-34/h1-9,11-15,28-29H,10,16-17H2/b15-7+/t28-,29+/m1/s1. The Morgan fingerprint density at radius 2 is 1.57 bits per heavy atom. The number of carbonyl (C=O) groups is 1. The second-order valence-electron chi connectivity index (χ2n) is 8.53. The summed E-state index contributed by atoms with van der Waals surface area (Å²) in [6, 6.07) is 23.6. The first-order chi connectivity index (χ1) is 17.0. The molecule has 3 aromatic carbocycles. The van der Waals surface area contributed by atoms with Gasteiger partial charge in [0.05, 0.1) is 0 Å². The summed E-state index contributed by atoms with van der Waals surface area (Å²) < 4.78 is 26.9. The third kappa shape index (κ3) is 5.42. The Labute approximate surface area is 203 Å². The van der Waals surface area contributed by atoms with Gasteiger partial charge in [0, 0.05) is 6.42 Å². The normalized spacial score (nSPS) is 15.7. The second-order valence-corrected chi connectivity index (χ2v) is 8.53. The maximum Gasteiger partial charge on any atom is 0.156 e. The second kappa shape index (κ2) is 10.7. The van der Waals surface area contributed by atoms with Crippen LogP contribution in [0, 0.1) is 40.2 Å². The molecule has 4 rings (SSSR count). The maximum absolute atomic E-state index is 13.7. The molecule has 3 nitrogen and oxygen atoms in total. The molecular weight excluding hydrogens is 442 g/mol. The first-order valence-corrected chi connectivity index (χ1v) is 11.3. The van der Waals surface area contributed by atoms with E-state index in [0.29, 0.717) is 17.6 Å². The Morgan fingerprint density at radius 1 is 0.943 bits per heavy atom. The van der Waals surface area contributed by atoms with Crippen LogP contribution in [-0.2, 0) is 11.2 Å². The van der Waals surface area contributed by atoms with Crippen LogP contribution in [0.1, 0.15) is 41.0 Å². The first kappa shape index (κ1) is 23.8. The summed E-state index contributed by atoms with van der Waals surface area (Å²) in [5.74, 6) is -1.52. The van der Waals surface area contributed by atoms with Gasteiger partial charge in [-0.05, 0) is 82.8 Å². The Kier molecular flexibility index (Phi) is 7.29. The van der Waals surface area contributed by atoms with Gasteiger partial charge in [-0.15, -0.1) is 0 Å². The predicted octanol–water partition coefficient (Wildman–Crippen LogP) is 6.78. The summed E-state index contributed by atoms with van der Waals surface area (Å²) in [6.07, 6.45) is 4.59. The summed E-state index contributed by atoms with van der Waals surface area (Å²) in [4.78, 5) is 13.1. The zero-order valence-corrected chi connectivity index (χ0v) is 18.9. The molecule has 2 atom stereocenters. The summed E-state index contributed by atoms with van der Waals surface area (Å²) >= 11 is 0. The summed E-state index contributed by atoms with van der Waals surface area (Å²) in [5.41, 5.74) is 4.05. The van der Waals surface area contributed by atoms with Gasteiger partial charge >= 0.3 is 0 Å². The number of benzene rings is 3. The van der Waals surface area contributed by atoms with Crippen molar-refractivity contribution in [2.75, 3.05) is 0 Å². The van der Waals surface area contributed by atoms with Crippen LogP contribution in [0.25, 0.3) is 11.6 Å². The van der Waals surface area contributed by atoms with Crippen LogP contribution in [0.3, 0.4) is 0 Å². The smallest absolute Gasteiger partial charge is 0.156 e. The summed E-state index contributed by atoms with van der Waals surface area (Å²) in [6.45, 7) is 0. The van der Waals surface area contributed by atoms with Crippen LogP contribution in [0.2, 0.25) is 0 Å². The van der Waals surface area contributed by atoms with Crippen molar-refractivity contribution in [1.82, 2.24) is 0 Å². The van der Waals surface area contributed by atoms with Gasteiger partial charge in [0.25, 0.3) is 0 Å². The topological polar surface area (TPSA) is 64.7 Å². The van der Waals surface area contributed by atoms with Gasteiger partial charge in [0.1, 0.15) is 29.3 Å². The van der Waals surface area contributed by atoms with Crippen molar-refractivity contribution in [2.24, 2.45) is 5.92 Å². The van der Waals surface area contributed by atoms with Crippen LogP contribution in [0.15, 0.2) is 84.4 Å². The lowest BCUT2D eigenvalue weighted by Crippen LogP contribution is -2.23. The average Bonchev–Trinajstić information content (AvgIpc) is 2.88. The fraction of sp³-hybridized carbons (Fsp3) is 0.167. The summed E-state index contributed by atoms with van der Waals surface area (Å²) in [5, 5.41) is 19.5. The molecule has 172 valence electrons. The molecule has 0 radical (unpaired) electrons. The Morgan fingerprint density at radius 3 is 2.23 bits per heavy atom. The molecule has 35 heavy (non-hydrogen) atoms. The zero-order chi connectivity index (χ0) is 24.8. The van der Waals surface area contributed by atoms with E-state index in [0.717, 1.165) is 23.1 Å². The largest absolute Gasteiger partial charge is 0.295 e.